The zero-order valence-electron chi connectivity index (χ0n) is 21.0. The molecule has 198 valence electrons. The van der Waals surface area contributed by atoms with E-state index in [2.05, 4.69) is 12.2 Å². The second-order valence-electron chi connectivity index (χ2n) is 9.43. The average molecular weight is 554 g/mol. The van der Waals surface area contributed by atoms with Crippen molar-refractivity contribution in [1.29, 1.82) is 0 Å². The van der Waals surface area contributed by atoms with Crippen LogP contribution >= 0.6 is 23.4 Å². The summed E-state index contributed by atoms with van der Waals surface area (Å²) in [4.78, 5) is 12.1. The molecule has 0 heterocycles. The van der Waals surface area contributed by atoms with E-state index in [9.17, 15) is 13.2 Å². The Labute approximate surface area is 224 Å². The number of hydrogen-bond donors (Lipinski definition) is 2. The number of carboxylic acids is 1. The molecule has 0 aromatic heterocycles. The van der Waals surface area contributed by atoms with Crippen LogP contribution < -0.4 is 10.1 Å². The van der Waals surface area contributed by atoms with Crippen molar-refractivity contribution in [2.24, 2.45) is 0 Å². The summed E-state index contributed by atoms with van der Waals surface area (Å²) >= 11 is 8.19. The van der Waals surface area contributed by atoms with E-state index in [0.717, 1.165) is 35.4 Å². The second-order valence-corrected chi connectivity index (χ2v) is 13.5. The Morgan fingerprint density at radius 2 is 1.94 bits per heavy atom. The smallest absolute Gasteiger partial charge is 0.341 e. The molecule has 0 spiro atoms. The highest BCUT2D eigenvalue weighted by Gasteiger charge is 2.21. The van der Waals surface area contributed by atoms with Crippen LogP contribution in [0.5, 0.6) is 5.75 Å². The molecular weight excluding hydrogens is 518 g/mol. The van der Waals surface area contributed by atoms with Gasteiger partial charge in [0.1, 0.15) is 5.75 Å². The van der Waals surface area contributed by atoms with E-state index in [1.807, 2.05) is 25.1 Å². The zero-order chi connectivity index (χ0) is 26.1. The molecule has 0 aliphatic heterocycles. The van der Waals surface area contributed by atoms with Crippen LogP contribution in [-0.4, -0.2) is 50.2 Å². The molecule has 1 aliphatic rings. The van der Waals surface area contributed by atoms with Crippen molar-refractivity contribution in [2.45, 2.75) is 73.3 Å². The average Bonchev–Trinajstić information content (AvgIpc) is 2.83. The molecule has 3 rings (SSSR count). The summed E-state index contributed by atoms with van der Waals surface area (Å²) in [6.07, 6.45) is 6.46. The van der Waals surface area contributed by atoms with E-state index in [1.54, 1.807) is 30.0 Å². The Morgan fingerprint density at radius 1 is 1.19 bits per heavy atom. The quantitative estimate of drug-likeness (QED) is 0.229. The number of carboxylic acid groups (broad SMARTS) is 1. The maximum Gasteiger partial charge on any atom is 0.341 e. The molecule has 2 aromatic carbocycles. The Kier molecular flexibility index (Phi) is 11.0. The van der Waals surface area contributed by atoms with Gasteiger partial charge in [-0.15, -0.1) is 11.8 Å². The number of nitrogens with one attached hydrogen (secondary N) is 1. The summed E-state index contributed by atoms with van der Waals surface area (Å²) < 4.78 is 30.9. The van der Waals surface area contributed by atoms with Gasteiger partial charge in [0.05, 0.1) is 10.6 Å². The van der Waals surface area contributed by atoms with Crippen LogP contribution in [0, 0.1) is 6.92 Å². The van der Waals surface area contributed by atoms with Gasteiger partial charge in [0.2, 0.25) is 0 Å². The van der Waals surface area contributed by atoms with E-state index in [-0.39, 0.29) is 17.6 Å². The highest BCUT2D eigenvalue weighted by atomic mass is 35.5. The predicted octanol–water partition coefficient (Wildman–Crippen LogP) is 6.09. The number of thioether (sulfide) groups is 1. The minimum atomic E-state index is -3.38. The van der Waals surface area contributed by atoms with Gasteiger partial charge in [0.15, 0.2) is 16.4 Å². The lowest BCUT2D eigenvalue weighted by Gasteiger charge is -2.23. The van der Waals surface area contributed by atoms with Crippen molar-refractivity contribution in [3.63, 3.8) is 0 Å². The molecule has 36 heavy (non-hydrogen) atoms. The Hall–Kier alpha value is -1.74. The van der Waals surface area contributed by atoms with Crippen LogP contribution in [0.2, 0.25) is 5.02 Å². The summed E-state index contributed by atoms with van der Waals surface area (Å²) in [5.41, 5.74) is 1.97. The van der Waals surface area contributed by atoms with E-state index in [0.29, 0.717) is 34.6 Å². The molecular formula is C27H36ClNO5S2. The van der Waals surface area contributed by atoms with E-state index in [4.69, 9.17) is 21.4 Å². The summed E-state index contributed by atoms with van der Waals surface area (Å²) in [6.45, 7) is 4.99. The largest absolute Gasteiger partial charge is 0.482 e. The van der Waals surface area contributed by atoms with Crippen LogP contribution in [0.3, 0.4) is 0 Å². The molecule has 0 amide bonds. The first-order valence-electron chi connectivity index (χ1n) is 12.5. The van der Waals surface area contributed by atoms with Gasteiger partial charge in [-0.2, -0.15) is 0 Å². The molecule has 0 radical (unpaired) electrons. The van der Waals surface area contributed by atoms with Crippen LogP contribution in [0.15, 0.2) is 46.2 Å². The third kappa shape index (κ3) is 8.68. The van der Waals surface area contributed by atoms with Gasteiger partial charge < -0.3 is 15.2 Å². The molecule has 2 aromatic rings. The molecule has 1 aliphatic carbocycles. The molecule has 1 saturated carbocycles. The molecule has 0 bridgehead atoms. The third-order valence-electron chi connectivity index (χ3n) is 6.41. The van der Waals surface area contributed by atoms with Crippen LogP contribution in [-0.2, 0) is 14.6 Å². The number of aliphatic carboxylic acids is 1. The number of carbonyl (C=O) groups is 1. The Morgan fingerprint density at radius 3 is 2.61 bits per heavy atom. The van der Waals surface area contributed by atoms with Crippen molar-refractivity contribution in [3.05, 3.63) is 52.5 Å². The van der Waals surface area contributed by atoms with Gasteiger partial charge in [-0.1, -0.05) is 43.9 Å². The standard InChI is InChI=1S/C27H36ClNO5S2/c1-19-15-22(9-12-26(19)34-18-27(30)31)35-20(2)17-29-13-6-14-36(32,33)23-10-11-24(25(28)16-23)21-7-4-3-5-8-21/h9-12,15-16,20-21,29H,3-8,13-14,17-18H2,1-2H3,(H,30,31). The number of hydrogen-bond acceptors (Lipinski definition) is 6. The Balaban J connectivity index is 1.41. The fourth-order valence-electron chi connectivity index (χ4n) is 4.53. The van der Waals surface area contributed by atoms with Gasteiger partial charge >= 0.3 is 5.97 Å². The van der Waals surface area contributed by atoms with Gasteiger partial charge in [-0.05, 0) is 80.1 Å². The minimum absolute atomic E-state index is 0.0810. The fourth-order valence-corrected chi connectivity index (χ4v) is 7.32. The molecule has 0 saturated heterocycles. The number of sulfone groups is 1. The summed E-state index contributed by atoms with van der Waals surface area (Å²) in [5, 5.41) is 13.0. The van der Waals surface area contributed by atoms with Crippen LogP contribution in [0.4, 0.5) is 0 Å². The molecule has 6 nitrogen and oxygen atoms in total. The van der Waals surface area contributed by atoms with E-state index >= 15 is 0 Å². The van der Waals surface area contributed by atoms with Gasteiger partial charge in [-0.25, -0.2) is 13.2 Å². The highest BCUT2D eigenvalue weighted by molar-refractivity contribution is 8.00. The number of ether oxygens (including phenoxy) is 1. The van der Waals surface area contributed by atoms with E-state index < -0.39 is 15.8 Å². The molecule has 2 N–H and O–H groups in total. The van der Waals surface area contributed by atoms with Crippen molar-refractivity contribution < 1.29 is 23.1 Å². The third-order valence-corrected chi connectivity index (χ3v) is 9.63. The SMILES string of the molecule is Cc1cc(SC(C)CNCCCS(=O)(=O)c2ccc(C3CCCCC3)c(Cl)c2)ccc1OCC(=O)O. The van der Waals surface area contributed by atoms with Crippen molar-refractivity contribution in [3.8, 4) is 5.75 Å². The maximum absolute atomic E-state index is 12.8. The second kappa shape index (κ2) is 13.7. The minimum Gasteiger partial charge on any atom is -0.482 e. The molecule has 1 atom stereocenters. The number of halogens is 1. The van der Waals surface area contributed by atoms with Crippen LogP contribution in [0.1, 0.15) is 62.5 Å². The lowest BCUT2D eigenvalue weighted by Crippen LogP contribution is -2.25. The molecule has 9 heteroatoms. The monoisotopic (exact) mass is 553 g/mol. The fraction of sp³-hybridized carbons (Fsp3) is 0.519. The molecule has 1 unspecified atom stereocenters. The summed E-state index contributed by atoms with van der Waals surface area (Å²) in [6, 6.07) is 11.0. The van der Waals surface area contributed by atoms with Gasteiger partial charge in [0.25, 0.3) is 0 Å². The lowest BCUT2D eigenvalue weighted by atomic mass is 9.84. The number of aryl methyl sites for hydroxylation is 1. The number of benzene rings is 2. The predicted molar refractivity (Wildman–Crippen MR) is 146 cm³/mol. The summed E-state index contributed by atoms with van der Waals surface area (Å²) in [7, 11) is -3.38. The van der Waals surface area contributed by atoms with Crippen molar-refractivity contribution in [2.75, 3.05) is 25.4 Å². The van der Waals surface area contributed by atoms with Gasteiger partial charge in [0, 0.05) is 21.7 Å². The normalized spacial score (nSPS) is 15.5. The first-order valence-corrected chi connectivity index (χ1v) is 15.4. The Bertz CT molecular complexity index is 1130. The zero-order valence-corrected chi connectivity index (χ0v) is 23.4. The first kappa shape index (κ1) is 28.8. The van der Waals surface area contributed by atoms with E-state index in [1.165, 1.54) is 19.3 Å². The maximum atomic E-state index is 12.8. The summed E-state index contributed by atoms with van der Waals surface area (Å²) in [5.74, 6) is 0.0898. The van der Waals surface area contributed by atoms with Crippen molar-refractivity contribution >= 4 is 39.2 Å². The highest BCUT2D eigenvalue weighted by Crippen LogP contribution is 2.37. The lowest BCUT2D eigenvalue weighted by molar-refractivity contribution is -0.139. The van der Waals surface area contributed by atoms with Crippen molar-refractivity contribution in [1.82, 2.24) is 5.32 Å². The van der Waals surface area contributed by atoms with Crippen LogP contribution in [0.25, 0.3) is 0 Å². The van der Waals surface area contributed by atoms with Gasteiger partial charge in [-0.3, -0.25) is 0 Å². The first-order chi connectivity index (χ1) is 17.2. The number of rotatable bonds is 13. The topological polar surface area (TPSA) is 92.7 Å². The molecule has 1 fully saturated rings.